The number of aryl methyl sites for hydroxylation is 1. The van der Waals surface area contributed by atoms with Gasteiger partial charge in [0.1, 0.15) is 6.61 Å². The number of esters is 1. The van der Waals surface area contributed by atoms with E-state index in [2.05, 4.69) is 20.9 Å². The lowest BCUT2D eigenvalue weighted by atomic mass is 10.1. The zero-order valence-corrected chi connectivity index (χ0v) is 19.7. The Bertz CT molecular complexity index is 1240. The Morgan fingerprint density at radius 3 is 2.59 bits per heavy atom. The van der Waals surface area contributed by atoms with Crippen molar-refractivity contribution in [1.29, 1.82) is 0 Å². The molecule has 0 bridgehead atoms. The lowest BCUT2D eigenvalue weighted by molar-refractivity contribution is -0.129. The first kappa shape index (κ1) is 22.1. The van der Waals surface area contributed by atoms with Crippen LogP contribution in [-0.2, 0) is 16.1 Å². The first-order valence-corrected chi connectivity index (χ1v) is 10.9. The molecule has 3 aromatic rings. The van der Waals surface area contributed by atoms with Crippen LogP contribution in [0.15, 0.2) is 75.8 Å². The van der Waals surface area contributed by atoms with Crippen molar-refractivity contribution in [1.82, 2.24) is 0 Å². The van der Waals surface area contributed by atoms with Crippen LogP contribution in [0.3, 0.4) is 0 Å². The number of hydrogen-bond acceptors (Lipinski definition) is 5. The molecule has 0 saturated carbocycles. The average molecular weight is 513 g/mol. The number of carbonyl (C=O) groups is 1. The molecular weight excluding hydrogens is 494 g/mol. The molecule has 0 aromatic heterocycles. The maximum absolute atomic E-state index is 12.4. The summed E-state index contributed by atoms with van der Waals surface area (Å²) < 4.78 is 17.5. The second-order valence-electron chi connectivity index (χ2n) is 7.12. The highest BCUT2D eigenvalue weighted by molar-refractivity contribution is 9.10. The van der Waals surface area contributed by atoms with Crippen LogP contribution < -0.4 is 9.47 Å². The Hall–Kier alpha value is -3.09. The number of hydrogen-bond donors (Lipinski definition) is 0. The van der Waals surface area contributed by atoms with Gasteiger partial charge in [0.15, 0.2) is 17.2 Å². The summed E-state index contributed by atoms with van der Waals surface area (Å²) in [6, 6.07) is 18.9. The predicted molar refractivity (Wildman–Crippen MR) is 128 cm³/mol. The normalized spacial score (nSPS) is 14.3. The summed E-state index contributed by atoms with van der Waals surface area (Å²) in [7, 11) is 1.54. The van der Waals surface area contributed by atoms with Gasteiger partial charge in [0.25, 0.3) is 0 Å². The SMILES string of the molecule is COc1cc(C=C2N=C(c3ccccc3Br)OC2=O)cc(Cl)c1OCc1ccc(C)cc1. The summed E-state index contributed by atoms with van der Waals surface area (Å²) in [5.41, 5.74) is 3.70. The summed E-state index contributed by atoms with van der Waals surface area (Å²) in [6.07, 6.45) is 1.60. The van der Waals surface area contributed by atoms with Gasteiger partial charge >= 0.3 is 5.97 Å². The molecule has 1 heterocycles. The summed E-state index contributed by atoms with van der Waals surface area (Å²) in [6.45, 7) is 2.38. The third-order valence-electron chi connectivity index (χ3n) is 4.78. The molecule has 0 aliphatic carbocycles. The van der Waals surface area contributed by atoms with E-state index < -0.39 is 5.97 Å². The Labute approximate surface area is 199 Å². The van der Waals surface area contributed by atoms with Crippen LogP contribution in [0.1, 0.15) is 22.3 Å². The van der Waals surface area contributed by atoms with Gasteiger partial charge in [-0.25, -0.2) is 9.79 Å². The zero-order chi connectivity index (χ0) is 22.7. The summed E-state index contributed by atoms with van der Waals surface area (Å²) in [4.78, 5) is 16.7. The topological polar surface area (TPSA) is 57.1 Å². The van der Waals surface area contributed by atoms with Gasteiger partial charge in [0, 0.05) is 4.47 Å². The van der Waals surface area contributed by atoms with Crippen molar-refractivity contribution in [3.63, 3.8) is 0 Å². The highest BCUT2D eigenvalue weighted by Crippen LogP contribution is 2.38. The van der Waals surface area contributed by atoms with Gasteiger partial charge in [0.2, 0.25) is 5.90 Å². The fraction of sp³-hybridized carbons (Fsp3) is 0.120. The number of rotatable bonds is 6. The molecular formula is C25H19BrClNO4. The van der Waals surface area contributed by atoms with Crippen molar-refractivity contribution in [3.05, 3.63) is 98.1 Å². The van der Waals surface area contributed by atoms with Crippen LogP contribution in [0.5, 0.6) is 11.5 Å². The summed E-state index contributed by atoms with van der Waals surface area (Å²) in [5, 5.41) is 0.365. The smallest absolute Gasteiger partial charge is 0.363 e. The Morgan fingerprint density at radius 2 is 1.88 bits per heavy atom. The van der Waals surface area contributed by atoms with Gasteiger partial charge in [-0.3, -0.25) is 0 Å². The molecule has 1 aliphatic rings. The van der Waals surface area contributed by atoms with E-state index in [9.17, 15) is 4.79 Å². The Morgan fingerprint density at radius 1 is 1.12 bits per heavy atom. The highest BCUT2D eigenvalue weighted by Gasteiger charge is 2.25. The van der Waals surface area contributed by atoms with Gasteiger partial charge < -0.3 is 14.2 Å². The van der Waals surface area contributed by atoms with Crippen LogP contribution in [0.2, 0.25) is 5.02 Å². The molecule has 5 nitrogen and oxygen atoms in total. The van der Waals surface area contributed by atoms with E-state index in [1.807, 2.05) is 55.5 Å². The molecule has 0 radical (unpaired) electrons. The van der Waals surface area contributed by atoms with E-state index in [0.29, 0.717) is 34.3 Å². The van der Waals surface area contributed by atoms with Gasteiger partial charge in [0.05, 0.1) is 17.7 Å². The third-order valence-corrected chi connectivity index (χ3v) is 5.76. The van der Waals surface area contributed by atoms with E-state index in [4.69, 9.17) is 25.8 Å². The second kappa shape index (κ2) is 9.59. The molecule has 0 N–H and O–H groups in total. The molecule has 0 spiro atoms. The Kier molecular flexibility index (Phi) is 6.63. The number of cyclic esters (lactones) is 1. The molecule has 0 fully saturated rings. The fourth-order valence-electron chi connectivity index (χ4n) is 3.12. The van der Waals surface area contributed by atoms with Crippen LogP contribution in [0, 0.1) is 6.92 Å². The van der Waals surface area contributed by atoms with E-state index in [1.165, 1.54) is 12.7 Å². The standard InChI is InChI=1S/C25H19BrClNO4/c1-15-7-9-16(10-8-15)14-31-23-20(27)11-17(13-22(23)30-2)12-21-25(29)32-24(28-21)18-5-3-4-6-19(18)26/h3-13H,14H2,1-2H3. The van der Waals surface area contributed by atoms with Gasteiger partial charge in [-0.2, -0.15) is 0 Å². The predicted octanol–water partition coefficient (Wildman–Crippen LogP) is 6.34. The van der Waals surface area contributed by atoms with Crippen LogP contribution in [0.25, 0.3) is 6.08 Å². The lowest BCUT2D eigenvalue weighted by Crippen LogP contribution is -2.05. The minimum absolute atomic E-state index is 0.169. The van der Waals surface area contributed by atoms with Gasteiger partial charge in [-0.15, -0.1) is 0 Å². The van der Waals surface area contributed by atoms with E-state index in [1.54, 1.807) is 18.2 Å². The molecule has 162 valence electrons. The minimum atomic E-state index is -0.537. The highest BCUT2D eigenvalue weighted by atomic mass is 79.9. The largest absolute Gasteiger partial charge is 0.493 e. The van der Waals surface area contributed by atoms with Crippen molar-refractivity contribution >= 4 is 45.5 Å². The number of carbonyl (C=O) groups excluding carboxylic acids is 1. The summed E-state index contributed by atoms with van der Waals surface area (Å²) >= 11 is 9.92. The molecule has 0 saturated heterocycles. The number of nitrogens with zero attached hydrogens (tertiary/aromatic N) is 1. The Balaban J connectivity index is 1.59. The number of methoxy groups -OCH3 is 1. The van der Waals surface area contributed by atoms with Crippen molar-refractivity contribution in [2.45, 2.75) is 13.5 Å². The molecule has 4 rings (SSSR count). The van der Waals surface area contributed by atoms with Crippen molar-refractivity contribution in [2.24, 2.45) is 4.99 Å². The van der Waals surface area contributed by atoms with E-state index >= 15 is 0 Å². The van der Waals surface area contributed by atoms with Crippen LogP contribution in [-0.4, -0.2) is 19.0 Å². The van der Waals surface area contributed by atoms with Crippen LogP contribution in [0.4, 0.5) is 0 Å². The molecule has 0 unspecified atom stereocenters. The molecule has 0 amide bonds. The second-order valence-corrected chi connectivity index (χ2v) is 8.39. The fourth-order valence-corrected chi connectivity index (χ4v) is 3.85. The van der Waals surface area contributed by atoms with E-state index in [0.717, 1.165) is 10.0 Å². The molecule has 0 atom stereocenters. The molecule has 1 aliphatic heterocycles. The van der Waals surface area contributed by atoms with Gasteiger partial charge in [-0.05, 0) is 64.3 Å². The molecule has 32 heavy (non-hydrogen) atoms. The first-order chi connectivity index (χ1) is 15.4. The molecule has 7 heteroatoms. The number of aliphatic imine (C=N–C) groups is 1. The maximum atomic E-state index is 12.4. The number of halogens is 2. The number of ether oxygens (including phenoxy) is 3. The average Bonchev–Trinajstić information content (AvgIpc) is 3.14. The number of benzene rings is 3. The van der Waals surface area contributed by atoms with Crippen molar-refractivity contribution in [3.8, 4) is 11.5 Å². The molecule has 3 aromatic carbocycles. The zero-order valence-electron chi connectivity index (χ0n) is 17.4. The lowest BCUT2D eigenvalue weighted by Gasteiger charge is -2.13. The van der Waals surface area contributed by atoms with Gasteiger partial charge in [-0.1, -0.05) is 53.6 Å². The minimum Gasteiger partial charge on any atom is -0.493 e. The van der Waals surface area contributed by atoms with Crippen molar-refractivity contribution in [2.75, 3.05) is 7.11 Å². The van der Waals surface area contributed by atoms with Crippen molar-refractivity contribution < 1.29 is 19.0 Å². The maximum Gasteiger partial charge on any atom is 0.363 e. The summed E-state index contributed by atoms with van der Waals surface area (Å²) in [5.74, 6) is 0.594. The van der Waals surface area contributed by atoms with Crippen LogP contribution >= 0.6 is 27.5 Å². The van der Waals surface area contributed by atoms with E-state index in [-0.39, 0.29) is 11.6 Å². The first-order valence-electron chi connectivity index (χ1n) is 9.78. The third kappa shape index (κ3) is 4.87. The monoisotopic (exact) mass is 511 g/mol. The quantitative estimate of drug-likeness (QED) is 0.285.